The molecule has 2 aromatic rings. The van der Waals surface area contributed by atoms with Gasteiger partial charge in [0.2, 0.25) is 0 Å². The van der Waals surface area contributed by atoms with Crippen molar-refractivity contribution >= 4 is 11.8 Å². The van der Waals surface area contributed by atoms with E-state index in [1.165, 1.54) is 4.90 Å². The van der Waals surface area contributed by atoms with Crippen molar-refractivity contribution in [1.82, 2.24) is 0 Å². The van der Waals surface area contributed by atoms with Crippen LogP contribution >= 0.6 is 11.8 Å². The minimum absolute atomic E-state index is 0.240. The van der Waals surface area contributed by atoms with Crippen LogP contribution < -0.4 is 15.2 Å². The van der Waals surface area contributed by atoms with Crippen LogP contribution in [0.5, 0.6) is 11.5 Å². The van der Waals surface area contributed by atoms with Gasteiger partial charge in [-0.05, 0) is 41.6 Å². The Hall–Kier alpha value is -1.65. The number of nitrogens with two attached hydrogens (primary N) is 1. The fourth-order valence-corrected chi connectivity index (χ4v) is 2.86. The van der Waals surface area contributed by atoms with Crippen LogP contribution in [0.25, 0.3) is 0 Å². The molecular formula is C17H21NO2S. The molecule has 0 aliphatic carbocycles. The number of rotatable bonds is 6. The maximum atomic E-state index is 6.40. The zero-order chi connectivity index (χ0) is 15.2. The van der Waals surface area contributed by atoms with Gasteiger partial charge in [0.1, 0.15) is 11.5 Å². The van der Waals surface area contributed by atoms with Crippen molar-refractivity contribution in [2.45, 2.75) is 17.9 Å². The molecule has 21 heavy (non-hydrogen) atoms. The lowest BCUT2D eigenvalue weighted by molar-refractivity contribution is 0.397. The summed E-state index contributed by atoms with van der Waals surface area (Å²) in [4.78, 5) is 1.26. The SMILES string of the molecule is CCSc1ccc(C(N)c2cc(OC)ccc2OC)cc1. The molecule has 4 heteroatoms. The summed E-state index contributed by atoms with van der Waals surface area (Å²) in [6, 6.07) is 13.8. The van der Waals surface area contributed by atoms with Crippen molar-refractivity contribution in [3.8, 4) is 11.5 Å². The summed E-state index contributed by atoms with van der Waals surface area (Å²) in [6.07, 6.45) is 0. The Morgan fingerprint density at radius 3 is 2.33 bits per heavy atom. The highest BCUT2D eigenvalue weighted by molar-refractivity contribution is 7.99. The Kier molecular flexibility index (Phi) is 5.53. The van der Waals surface area contributed by atoms with E-state index >= 15 is 0 Å². The second-order valence-corrected chi connectivity index (χ2v) is 5.93. The summed E-state index contributed by atoms with van der Waals surface area (Å²) in [6.45, 7) is 2.14. The summed E-state index contributed by atoms with van der Waals surface area (Å²) >= 11 is 1.82. The van der Waals surface area contributed by atoms with E-state index < -0.39 is 0 Å². The zero-order valence-corrected chi connectivity index (χ0v) is 13.4. The van der Waals surface area contributed by atoms with Crippen molar-refractivity contribution in [3.05, 3.63) is 53.6 Å². The molecule has 0 saturated heterocycles. The zero-order valence-electron chi connectivity index (χ0n) is 12.6. The van der Waals surface area contributed by atoms with E-state index in [0.29, 0.717) is 0 Å². The quantitative estimate of drug-likeness (QED) is 0.823. The van der Waals surface area contributed by atoms with Crippen LogP contribution in [0.3, 0.4) is 0 Å². The number of ether oxygens (including phenoxy) is 2. The van der Waals surface area contributed by atoms with Crippen LogP contribution in [0.2, 0.25) is 0 Å². The topological polar surface area (TPSA) is 44.5 Å². The molecule has 0 bridgehead atoms. The highest BCUT2D eigenvalue weighted by Gasteiger charge is 2.15. The highest BCUT2D eigenvalue weighted by Crippen LogP contribution is 2.32. The molecule has 0 amide bonds. The van der Waals surface area contributed by atoms with Crippen LogP contribution in [-0.2, 0) is 0 Å². The number of hydrogen-bond donors (Lipinski definition) is 1. The van der Waals surface area contributed by atoms with Crippen molar-refractivity contribution in [3.63, 3.8) is 0 Å². The lowest BCUT2D eigenvalue weighted by Gasteiger charge is -2.17. The monoisotopic (exact) mass is 303 g/mol. The van der Waals surface area contributed by atoms with Gasteiger partial charge in [-0.1, -0.05) is 19.1 Å². The average Bonchev–Trinajstić information content (AvgIpc) is 2.54. The van der Waals surface area contributed by atoms with Crippen molar-refractivity contribution in [2.75, 3.05) is 20.0 Å². The molecule has 0 fully saturated rings. The Bertz CT molecular complexity index is 584. The molecular weight excluding hydrogens is 282 g/mol. The van der Waals surface area contributed by atoms with E-state index in [4.69, 9.17) is 15.2 Å². The number of benzene rings is 2. The van der Waals surface area contributed by atoms with Gasteiger partial charge >= 0.3 is 0 Å². The van der Waals surface area contributed by atoms with Crippen LogP contribution in [0.15, 0.2) is 47.4 Å². The summed E-state index contributed by atoms with van der Waals surface area (Å²) in [5.74, 6) is 2.62. The second-order valence-electron chi connectivity index (χ2n) is 4.59. The van der Waals surface area contributed by atoms with Gasteiger partial charge in [0, 0.05) is 10.5 Å². The Labute approximate surface area is 130 Å². The first kappa shape index (κ1) is 15.7. The van der Waals surface area contributed by atoms with Crippen LogP contribution in [-0.4, -0.2) is 20.0 Å². The molecule has 1 unspecified atom stereocenters. The highest BCUT2D eigenvalue weighted by atomic mass is 32.2. The smallest absolute Gasteiger partial charge is 0.124 e. The Morgan fingerprint density at radius 1 is 1.05 bits per heavy atom. The van der Waals surface area contributed by atoms with Gasteiger partial charge in [0.05, 0.1) is 20.3 Å². The molecule has 0 aliphatic heterocycles. The van der Waals surface area contributed by atoms with E-state index in [2.05, 4.69) is 31.2 Å². The first-order valence-electron chi connectivity index (χ1n) is 6.89. The van der Waals surface area contributed by atoms with Gasteiger partial charge in [-0.3, -0.25) is 0 Å². The fraction of sp³-hybridized carbons (Fsp3) is 0.294. The molecule has 2 rings (SSSR count). The minimum Gasteiger partial charge on any atom is -0.497 e. The van der Waals surface area contributed by atoms with E-state index in [1.807, 2.05) is 30.0 Å². The molecule has 0 radical (unpaired) electrons. The molecule has 112 valence electrons. The number of thioether (sulfide) groups is 1. The third-order valence-corrected chi connectivity index (χ3v) is 4.22. The lowest BCUT2D eigenvalue weighted by Crippen LogP contribution is -2.13. The van der Waals surface area contributed by atoms with Gasteiger partial charge in [0.15, 0.2) is 0 Å². The van der Waals surface area contributed by atoms with Gasteiger partial charge in [-0.25, -0.2) is 0 Å². The third kappa shape index (κ3) is 3.71. The third-order valence-electron chi connectivity index (χ3n) is 3.32. The average molecular weight is 303 g/mol. The standard InChI is InChI=1S/C17H21NO2S/c1-4-21-14-8-5-12(6-9-14)17(18)15-11-13(19-2)7-10-16(15)20-3/h5-11,17H,4,18H2,1-3H3. The fourth-order valence-electron chi connectivity index (χ4n) is 2.20. The summed E-state index contributed by atoms with van der Waals surface area (Å²) in [7, 11) is 3.30. The van der Waals surface area contributed by atoms with Crippen molar-refractivity contribution in [1.29, 1.82) is 0 Å². The summed E-state index contributed by atoms with van der Waals surface area (Å²) in [5.41, 5.74) is 8.38. The molecule has 2 N–H and O–H groups in total. The first-order valence-corrected chi connectivity index (χ1v) is 7.88. The summed E-state index contributed by atoms with van der Waals surface area (Å²) < 4.78 is 10.7. The molecule has 0 spiro atoms. The number of hydrogen-bond acceptors (Lipinski definition) is 4. The van der Waals surface area contributed by atoms with Gasteiger partial charge in [0.25, 0.3) is 0 Å². The molecule has 0 heterocycles. The van der Waals surface area contributed by atoms with E-state index in [1.54, 1.807) is 14.2 Å². The number of methoxy groups -OCH3 is 2. The van der Waals surface area contributed by atoms with E-state index in [-0.39, 0.29) is 6.04 Å². The van der Waals surface area contributed by atoms with Crippen LogP contribution in [0.4, 0.5) is 0 Å². The minimum atomic E-state index is -0.240. The predicted molar refractivity (Wildman–Crippen MR) is 88.4 cm³/mol. The second kappa shape index (κ2) is 7.38. The van der Waals surface area contributed by atoms with Crippen molar-refractivity contribution in [2.24, 2.45) is 5.73 Å². The maximum absolute atomic E-state index is 6.40. The molecule has 0 saturated carbocycles. The molecule has 1 atom stereocenters. The lowest BCUT2D eigenvalue weighted by atomic mass is 9.98. The van der Waals surface area contributed by atoms with Crippen LogP contribution in [0, 0.1) is 0 Å². The van der Waals surface area contributed by atoms with Crippen LogP contribution in [0.1, 0.15) is 24.1 Å². The summed E-state index contributed by atoms with van der Waals surface area (Å²) in [5, 5.41) is 0. The van der Waals surface area contributed by atoms with Gasteiger partial charge < -0.3 is 15.2 Å². The Balaban J connectivity index is 2.31. The van der Waals surface area contributed by atoms with Gasteiger partial charge in [-0.2, -0.15) is 0 Å². The van der Waals surface area contributed by atoms with Crippen molar-refractivity contribution < 1.29 is 9.47 Å². The predicted octanol–water partition coefficient (Wildman–Crippen LogP) is 3.86. The normalized spacial score (nSPS) is 12.0. The molecule has 2 aromatic carbocycles. The van der Waals surface area contributed by atoms with E-state index in [0.717, 1.165) is 28.4 Å². The van der Waals surface area contributed by atoms with E-state index in [9.17, 15) is 0 Å². The largest absolute Gasteiger partial charge is 0.497 e. The molecule has 0 aliphatic rings. The molecule has 3 nitrogen and oxygen atoms in total. The maximum Gasteiger partial charge on any atom is 0.124 e. The Morgan fingerprint density at radius 2 is 1.76 bits per heavy atom. The first-order chi connectivity index (χ1) is 10.2. The van der Waals surface area contributed by atoms with Gasteiger partial charge in [-0.15, -0.1) is 11.8 Å². The molecule has 0 aromatic heterocycles.